The van der Waals surface area contributed by atoms with Gasteiger partial charge in [-0.05, 0) is 6.07 Å². The second-order valence-electron chi connectivity index (χ2n) is 4.46. The average molecular weight is 330 g/mol. The summed E-state index contributed by atoms with van der Waals surface area (Å²) in [6.07, 6.45) is -4.88. The maximum absolute atomic E-state index is 13.2. The fraction of sp³-hybridized carbons (Fsp3) is 0.286. The van der Waals surface area contributed by atoms with Crippen LogP contribution < -0.4 is 15.2 Å². The Hall–Kier alpha value is -2.71. The normalized spacial score (nSPS) is 11.4. The van der Waals surface area contributed by atoms with E-state index in [1.165, 1.54) is 26.4 Å². The number of hydrogen-bond donors (Lipinski definition) is 1. The number of rotatable bonds is 3. The van der Waals surface area contributed by atoms with Crippen LogP contribution >= 0.6 is 0 Å². The number of anilines is 1. The molecule has 6 nitrogen and oxygen atoms in total. The number of benzene rings is 1. The van der Waals surface area contributed by atoms with E-state index in [9.17, 15) is 18.0 Å². The number of methoxy groups -OCH3 is 3. The molecule has 0 spiro atoms. The number of nitrogen functional groups attached to an aromatic ring is 1. The Kier molecular flexibility index (Phi) is 4.22. The number of halogens is 3. The van der Waals surface area contributed by atoms with E-state index in [1.54, 1.807) is 0 Å². The van der Waals surface area contributed by atoms with Crippen LogP contribution in [0.1, 0.15) is 16.1 Å². The standard InChI is InChI=1S/C14H13F3N2O4/c1-21-8-4-6-7(5-9(8)22-2)19-12(14(15,16)17)10(11(6)18)13(20)23-3/h4-5H,1-3H3,(H2,18,19). The van der Waals surface area contributed by atoms with Gasteiger partial charge in [-0.25, -0.2) is 9.78 Å². The van der Waals surface area contributed by atoms with Crippen molar-refractivity contribution < 1.29 is 32.2 Å². The van der Waals surface area contributed by atoms with Crippen LogP contribution in [-0.2, 0) is 10.9 Å². The number of nitrogens with zero attached hydrogens (tertiary/aromatic N) is 1. The summed E-state index contributed by atoms with van der Waals surface area (Å²) < 4.78 is 54.1. The number of carbonyl (C=O) groups is 1. The van der Waals surface area contributed by atoms with Gasteiger partial charge in [0.2, 0.25) is 0 Å². The largest absolute Gasteiger partial charge is 0.493 e. The molecule has 0 bridgehead atoms. The van der Waals surface area contributed by atoms with Gasteiger partial charge in [-0.1, -0.05) is 0 Å². The number of ether oxygens (including phenoxy) is 3. The molecule has 9 heteroatoms. The lowest BCUT2D eigenvalue weighted by Crippen LogP contribution is -2.19. The van der Waals surface area contributed by atoms with Crippen LogP contribution in [0.2, 0.25) is 0 Å². The van der Waals surface area contributed by atoms with Crippen LogP contribution in [0.15, 0.2) is 12.1 Å². The smallest absolute Gasteiger partial charge is 0.434 e. The van der Waals surface area contributed by atoms with Crippen molar-refractivity contribution in [1.29, 1.82) is 0 Å². The fourth-order valence-corrected chi connectivity index (χ4v) is 2.13. The summed E-state index contributed by atoms with van der Waals surface area (Å²) in [5.74, 6) is -0.797. The monoisotopic (exact) mass is 330 g/mol. The number of carbonyl (C=O) groups excluding carboxylic acids is 1. The van der Waals surface area contributed by atoms with Gasteiger partial charge in [0.25, 0.3) is 0 Å². The van der Waals surface area contributed by atoms with Crippen molar-refractivity contribution >= 4 is 22.6 Å². The second-order valence-corrected chi connectivity index (χ2v) is 4.46. The first-order valence-electron chi connectivity index (χ1n) is 6.25. The molecule has 0 aliphatic carbocycles. The maximum Gasteiger partial charge on any atom is 0.434 e. The minimum atomic E-state index is -4.88. The van der Waals surface area contributed by atoms with Crippen LogP contribution in [0.25, 0.3) is 10.9 Å². The molecule has 0 aliphatic rings. The molecule has 0 saturated heterocycles. The third kappa shape index (κ3) is 2.81. The molecule has 2 N–H and O–H groups in total. The van der Waals surface area contributed by atoms with Gasteiger partial charge in [-0.2, -0.15) is 13.2 Å². The van der Waals surface area contributed by atoms with E-state index in [0.717, 1.165) is 7.11 Å². The first kappa shape index (κ1) is 16.7. The molecule has 0 aliphatic heterocycles. The topological polar surface area (TPSA) is 83.7 Å². The molecule has 0 atom stereocenters. The molecule has 23 heavy (non-hydrogen) atoms. The molecule has 2 aromatic rings. The predicted molar refractivity (Wildman–Crippen MR) is 75.6 cm³/mol. The van der Waals surface area contributed by atoms with Crippen LogP contribution in [0.3, 0.4) is 0 Å². The average Bonchev–Trinajstić information content (AvgIpc) is 2.51. The van der Waals surface area contributed by atoms with Crippen molar-refractivity contribution in [2.24, 2.45) is 0 Å². The molecule has 0 fully saturated rings. The zero-order valence-corrected chi connectivity index (χ0v) is 12.4. The summed E-state index contributed by atoms with van der Waals surface area (Å²) in [6, 6.07) is 2.60. The van der Waals surface area contributed by atoms with E-state index >= 15 is 0 Å². The summed E-state index contributed by atoms with van der Waals surface area (Å²) in [6.45, 7) is 0. The molecule has 0 amide bonds. The molecule has 1 aromatic carbocycles. The number of esters is 1. The SMILES string of the molecule is COC(=O)c1c(C(F)(F)F)nc2cc(OC)c(OC)cc2c1N. The van der Waals surface area contributed by atoms with Gasteiger partial charge < -0.3 is 19.9 Å². The van der Waals surface area contributed by atoms with E-state index in [-0.39, 0.29) is 22.4 Å². The Morgan fingerprint density at radius 3 is 2.17 bits per heavy atom. The van der Waals surface area contributed by atoms with Gasteiger partial charge in [0.15, 0.2) is 17.2 Å². The molecule has 124 valence electrons. The van der Waals surface area contributed by atoms with Gasteiger partial charge in [0, 0.05) is 11.5 Å². The number of pyridine rings is 1. The van der Waals surface area contributed by atoms with Crippen molar-refractivity contribution in [2.75, 3.05) is 27.1 Å². The van der Waals surface area contributed by atoms with Gasteiger partial charge in [-0.15, -0.1) is 0 Å². The summed E-state index contributed by atoms with van der Waals surface area (Å²) in [7, 11) is 3.65. The third-order valence-corrected chi connectivity index (χ3v) is 3.19. The number of fused-ring (bicyclic) bond motifs is 1. The van der Waals surface area contributed by atoms with E-state index < -0.39 is 29.1 Å². The lowest BCUT2D eigenvalue weighted by molar-refractivity contribution is -0.141. The Labute approximate surface area is 128 Å². The lowest BCUT2D eigenvalue weighted by atomic mass is 10.0. The number of aromatic nitrogens is 1. The molecule has 0 unspecified atom stereocenters. The van der Waals surface area contributed by atoms with Crippen molar-refractivity contribution in [2.45, 2.75) is 6.18 Å². The Bertz CT molecular complexity index is 775. The highest BCUT2D eigenvalue weighted by Crippen LogP contribution is 2.40. The van der Waals surface area contributed by atoms with Crippen LogP contribution in [0, 0.1) is 0 Å². The molecule has 1 heterocycles. The van der Waals surface area contributed by atoms with Gasteiger partial charge in [0.1, 0.15) is 5.56 Å². The zero-order valence-electron chi connectivity index (χ0n) is 12.4. The zero-order chi connectivity index (χ0) is 17.4. The van der Waals surface area contributed by atoms with Crippen molar-refractivity contribution in [3.05, 3.63) is 23.4 Å². The first-order valence-corrected chi connectivity index (χ1v) is 6.25. The van der Waals surface area contributed by atoms with E-state index in [0.29, 0.717) is 0 Å². The highest BCUT2D eigenvalue weighted by Gasteiger charge is 2.40. The molecule has 0 radical (unpaired) electrons. The van der Waals surface area contributed by atoms with E-state index in [4.69, 9.17) is 15.2 Å². The van der Waals surface area contributed by atoms with E-state index in [1.807, 2.05) is 0 Å². The van der Waals surface area contributed by atoms with Crippen molar-refractivity contribution in [1.82, 2.24) is 4.98 Å². The van der Waals surface area contributed by atoms with Crippen LogP contribution in [0.5, 0.6) is 11.5 Å². The molecule has 0 saturated carbocycles. The molecule has 2 rings (SSSR count). The summed E-state index contributed by atoms with van der Waals surface area (Å²) in [5.41, 5.74) is 3.05. The van der Waals surface area contributed by atoms with Crippen LogP contribution in [0.4, 0.5) is 18.9 Å². The molecular weight excluding hydrogens is 317 g/mol. The van der Waals surface area contributed by atoms with Gasteiger partial charge in [-0.3, -0.25) is 0 Å². The minimum absolute atomic E-state index is 0.0832. The molecule has 1 aromatic heterocycles. The third-order valence-electron chi connectivity index (χ3n) is 3.19. The summed E-state index contributed by atoms with van der Waals surface area (Å²) >= 11 is 0. The quantitative estimate of drug-likeness (QED) is 0.871. The van der Waals surface area contributed by atoms with Gasteiger partial charge in [0.05, 0.1) is 32.5 Å². The first-order chi connectivity index (χ1) is 10.7. The fourth-order valence-electron chi connectivity index (χ4n) is 2.13. The maximum atomic E-state index is 13.2. The van der Waals surface area contributed by atoms with Crippen molar-refractivity contribution in [3.8, 4) is 11.5 Å². The summed E-state index contributed by atoms with van der Waals surface area (Å²) in [5, 5.41) is 0.121. The van der Waals surface area contributed by atoms with Crippen molar-refractivity contribution in [3.63, 3.8) is 0 Å². The highest BCUT2D eigenvalue weighted by atomic mass is 19.4. The second kappa shape index (κ2) is 5.82. The minimum Gasteiger partial charge on any atom is -0.493 e. The predicted octanol–water partition coefficient (Wildman–Crippen LogP) is 2.64. The summed E-state index contributed by atoms with van der Waals surface area (Å²) in [4.78, 5) is 15.2. The molecular formula is C14H13F3N2O4. The Morgan fingerprint density at radius 2 is 1.70 bits per heavy atom. The number of alkyl halides is 3. The number of hydrogen-bond acceptors (Lipinski definition) is 6. The van der Waals surface area contributed by atoms with Crippen LogP contribution in [-0.4, -0.2) is 32.3 Å². The number of nitrogens with two attached hydrogens (primary N) is 1. The van der Waals surface area contributed by atoms with E-state index in [2.05, 4.69) is 9.72 Å². The lowest BCUT2D eigenvalue weighted by Gasteiger charge is -2.16. The Balaban J connectivity index is 2.92. The van der Waals surface area contributed by atoms with Gasteiger partial charge >= 0.3 is 12.1 Å². The highest BCUT2D eigenvalue weighted by molar-refractivity contribution is 6.06. The Morgan fingerprint density at radius 1 is 1.13 bits per heavy atom.